The van der Waals surface area contributed by atoms with Crippen molar-refractivity contribution in [2.75, 3.05) is 5.32 Å². The van der Waals surface area contributed by atoms with Crippen molar-refractivity contribution >= 4 is 23.7 Å². The molecule has 3 rings (SSSR count). The molecule has 0 saturated carbocycles. The number of amides is 2. The van der Waals surface area contributed by atoms with Crippen LogP contribution in [0.4, 0.5) is 10.5 Å². The average Bonchev–Trinajstić information content (AvgIpc) is 2.87. The largest absolute Gasteiger partial charge is 0.461 e. The molecular formula is C26H23N3O5. The number of ether oxygens (including phenoxy) is 2. The van der Waals surface area contributed by atoms with E-state index >= 15 is 0 Å². The highest BCUT2D eigenvalue weighted by molar-refractivity contribution is 5.98. The Labute approximate surface area is 197 Å². The molecule has 0 unspecified atom stereocenters. The van der Waals surface area contributed by atoms with Crippen LogP contribution in [0.1, 0.15) is 23.1 Å². The van der Waals surface area contributed by atoms with Gasteiger partial charge < -0.3 is 20.1 Å². The third-order valence-corrected chi connectivity index (χ3v) is 4.72. The lowest BCUT2D eigenvalue weighted by molar-refractivity contribution is -0.146. The van der Waals surface area contributed by atoms with Gasteiger partial charge in [-0.15, -0.1) is 0 Å². The van der Waals surface area contributed by atoms with Crippen LogP contribution in [-0.2, 0) is 32.3 Å². The van der Waals surface area contributed by atoms with Crippen LogP contribution >= 0.6 is 0 Å². The second-order valence-corrected chi connectivity index (χ2v) is 7.29. The Morgan fingerprint density at radius 2 is 1.35 bits per heavy atom. The minimum atomic E-state index is -1.23. The van der Waals surface area contributed by atoms with Crippen LogP contribution < -0.4 is 10.6 Å². The zero-order valence-electron chi connectivity index (χ0n) is 18.3. The molecule has 8 nitrogen and oxygen atoms in total. The summed E-state index contributed by atoms with van der Waals surface area (Å²) in [7, 11) is 0. The van der Waals surface area contributed by atoms with Gasteiger partial charge in [0.2, 0.25) is 5.91 Å². The van der Waals surface area contributed by atoms with E-state index in [4.69, 9.17) is 14.7 Å². The van der Waals surface area contributed by atoms with Crippen LogP contribution in [0.2, 0.25) is 0 Å². The van der Waals surface area contributed by atoms with Gasteiger partial charge in [-0.25, -0.2) is 4.79 Å². The number of esters is 1. The molecule has 0 aliphatic heterocycles. The number of carbonyl (C=O) groups excluding carboxylic acids is 3. The number of nitrogens with one attached hydrogen (secondary N) is 2. The van der Waals surface area contributed by atoms with Gasteiger partial charge in [-0.2, -0.15) is 5.26 Å². The van der Waals surface area contributed by atoms with Crippen molar-refractivity contribution in [1.29, 1.82) is 5.26 Å². The van der Waals surface area contributed by atoms with Gasteiger partial charge in [0, 0.05) is 5.69 Å². The van der Waals surface area contributed by atoms with Gasteiger partial charge >= 0.3 is 12.1 Å². The molecule has 0 aliphatic rings. The number of anilines is 1. The van der Waals surface area contributed by atoms with E-state index in [-0.39, 0.29) is 13.2 Å². The first-order chi connectivity index (χ1) is 16.5. The summed E-state index contributed by atoms with van der Waals surface area (Å²) in [4.78, 5) is 37.6. The van der Waals surface area contributed by atoms with Crippen LogP contribution in [0.3, 0.4) is 0 Å². The summed E-state index contributed by atoms with van der Waals surface area (Å²) in [6.45, 7) is 0.0528. The molecule has 0 saturated heterocycles. The topological polar surface area (TPSA) is 118 Å². The third-order valence-electron chi connectivity index (χ3n) is 4.72. The first kappa shape index (κ1) is 24.0. The molecule has 172 valence electrons. The molecule has 0 radical (unpaired) electrons. The predicted octanol–water partition coefficient (Wildman–Crippen LogP) is 3.93. The number of carbonyl (C=O) groups is 3. The van der Waals surface area contributed by atoms with Gasteiger partial charge in [0.1, 0.15) is 19.3 Å². The number of hydrogen-bond acceptors (Lipinski definition) is 6. The van der Waals surface area contributed by atoms with Gasteiger partial charge in [-0.05, 0) is 35.4 Å². The first-order valence-corrected chi connectivity index (χ1v) is 10.5. The lowest BCUT2D eigenvalue weighted by Gasteiger charge is -2.18. The van der Waals surface area contributed by atoms with E-state index < -0.39 is 30.4 Å². The second-order valence-electron chi connectivity index (χ2n) is 7.29. The van der Waals surface area contributed by atoms with Gasteiger partial charge in [0.05, 0.1) is 18.1 Å². The third kappa shape index (κ3) is 7.80. The van der Waals surface area contributed by atoms with Crippen LogP contribution in [0.15, 0.2) is 84.9 Å². The van der Waals surface area contributed by atoms with Crippen molar-refractivity contribution in [3.05, 3.63) is 102 Å². The van der Waals surface area contributed by atoms with Gasteiger partial charge in [-0.1, -0.05) is 60.7 Å². The van der Waals surface area contributed by atoms with E-state index in [2.05, 4.69) is 10.6 Å². The van der Waals surface area contributed by atoms with Crippen molar-refractivity contribution in [3.8, 4) is 6.07 Å². The Hall–Kier alpha value is -4.64. The maximum absolute atomic E-state index is 12.8. The lowest BCUT2D eigenvalue weighted by atomic mass is 10.1. The highest BCUT2D eigenvalue weighted by atomic mass is 16.5. The van der Waals surface area contributed by atoms with E-state index in [1.54, 1.807) is 36.4 Å². The maximum atomic E-state index is 12.8. The second kappa shape index (κ2) is 12.4. The molecule has 2 N–H and O–H groups in total. The van der Waals surface area contributed by atoms with Crippen molar-refractivity contribution in [3.63, 3.8) is 0 Å². The number of benzene rings is 3. The smallest absolute Gasteiger partial charge is 0.408 e. The van der Waals surface area contributed by atoms with E-state index in [1.807, 2.05) is 54.6 Å². The van der Waals surface area contributed by atoms with E-state index in [1.165, 1.54) is 0 Å². The summed E-state index contributed by atoms with van der Waals surface area (Å²) in [5.41, 5.74) is 2.41. The molecule has 0 heterocycles. The number of nitrogens with zero attached hydrogens (tertiary/aromatic N) is 1. The molecule has 0 bridgehead atoms. The number of hydrogen-bond donors (Lipinski definition) is 2. The number of nitriles is 1. The molecule has 0 spiro atoms. The van der Waals surface area contributed by atoms with E-state index in [0.717, 1.165) is 11.1 Å². The fraction of sp³-hybridized carbons (Fsp3) is 0.154. The SMILES string of the molecule is N#Cc1ccc(NC(=O)[C@@H](CC(=O)OCc2ccccc2)NC(=O)OCc2ccccc2)cc1. The molecule has 0 fully saturated rings. The maximum Gasteiger partial charge on any atom is 0.408 e. The van der Waals surface area contributed by atoms with Crippen LogP contribution in [0.5, 0.6) is 0 Å². The van der Waals surface area contributed by atoms with Gasteiger partial charge in [0.15, 0.2) is 0 Å². The van der Waals surface area contributed by atoms with Crippen molar-refractivity contribution < 1.29 is 23.9 Å². The molecule has 2 amide bonds. The molecule has 34 heavy (non-hydrogen) atoms. The van der Waals surface area contributed by atoms with Crippen LogP contribution in [0.25, 0.3) is 0 Å². The molecule has 3 aromatic rings. The zero-order chi connectivity index (χ0) is 24.2. The molecule has 0 aliphatic carbocycles. The Kier molecular flexibility index (Phi) is 8.76. The Morgan fingerprint density at radius 1 is 0.794 bits per heavy atom. The van der Waals surface area contributed by atoms with Crippen molar-refractivity contribution in [1.82, 2.24) is 5.32 Å². The van der Waals surface area contributed by atoms with Crippen molar-refractivity contribution in [2.45, 2.75) is 25.7 Å². The summed E-state index contributed by atoms with van der Waals surface area (Å²) in [6, 6.07) is 25.1. The first-order valence-electron chi connectivity index (χ1n) is 10.5. The lowest BCUT2D eigenvalue weighted by Crippen LogP contribution is -2.45. The quantitative estimate of drug-likeness (QED) is 0.470. The van der Waals surface area contributed by atoms with Gasteiger partial charge in [-0.3, -0.25) is 9.59 Å². The Bertz CT molecular complexity index is 1090. The Morgan fingerprint density at radius 3 is 1.91 bits per heavy atom. The van der Waals surface area contributed by atoms with Gasteiger partial charge in [0.25, 0.3) is 0 Å². The zero-order valence-corrected chi connectivity index (χ0v) is 18.3. The molecule has 1 atom stereocenters. The molecule has 8 heteroatoms. The monoisotopic (exact) mass is 457 g/mol. The molecule has 0 aromatic heterocycles. The normalized spacial score (nSPS) is 10.9. The number of rotatable bonds is 9. The van der Waals surface area contributed by atoms with Crippen LogP contribution in [0, 0.1) is 11.3 Å². The summed E-state index contributed by atoms with van der Waals surface area (Å²) >= 11 is 0. The fourth-order valence-electron chi connectivity index (χ4n) is 2.94. The summed E-state index contributed by atoms with van der Waals surface area (Å²) in [6.07, 6.45) is -1.24. The van der Waals surface area contributed by atoms with Crippen molar-refractivity contribution in [2.24, 2.45) is 0 Å². The molecule has 3 aromatic carbocycles. The minimum Gasteiger partial charge on any atom is -0.461 e. The Balaban J connectivity index is 1.62. The van der Waals surface area contributed by atoms with E-state index in [9.17, 15) is 14.4 Å². The predicted molar refractivity (Wildman–Crippen MR) is 124 cm³/mol. The fourth-order valence-corrected chi connectivity index (χ4v) is 2.94. The average molecular weight is 457 g/mol. The highest BCUT2D eigenvalue weighted by Gasteiger charge is 2.25. The minimum absolute atomic E-state index is 0.00902. The summed E-state index contributed by atoms with van der Waals surface area (Å²) in [5.74, 6) is -1.29. The number of alkyl carbamates (subject to hydrolysis) is 1. The molecular weight excluding hydrogens is 434 g/mol. The summed E-state index contributed by atoms with van der Waals surface area (Å²) < 4.78 is 10.4. The highest BCUT2D eigenvalue weighted by Crippen LogP contribution is 2.11. The standard InChI is InChI=1S/C26H23N3O5/c27-16-19-11-13-22(14-12-19)28-25(31)23(15-24(30)33-17-20-7-3-1-4-8-20)29-26(32)34-18-21-9-5-2-6-10-21/h1-14,23H,15,17-18H2,(H,28,31)(H,29,32)/t23-/m1/s1. The van der Waals surface area contributed by atoms with Crippen LogP contribution in [-0.4, -0.2) is 24.0 Å². The summed E-state index contributed by atoms with van der Waals surface area (Å²) in [5, 5.41) is 14.0. The van der Waals surface area contributed by atoms with E-state index in [0.29, 0.717) is 11.3 Å².